The molecule has 0 spiro atoms. The fraction of sp³-hybridized carbons (Fsp3) is 0.467. The molecule has 0 unspecified atom stereocenters. The zero-order valence-corrected chi connectivity index (χ0v) is 12.4. The smallest absolute Gasteiger partial charge is 0.323 e. The van der Waals surface area contributed by atoms with Crippen molar-refractivity contribution in [3.8, 4) is 0 Å². The number of anilines is 1. The van der Waals surface area contributed by atoms with Gasteiger partial charge in [-0.1, -0.05) is 24.6 Å². The lowest BCUT2D eigenvalue weighted by atomic mass is 10.0. The lowest BCUT2D eigenvalue weighted by molar-refractivity contribution is -0.135. The monoisotopic (exact) mass is 278 g/mol. The summed E-state index contributed by atoms with van der Waals surface area (Å²) >= 11 is 0. The molecule has 5 nitrogen and oxygen atoms in total. The highest BCUT2D eigenvalue weighted by Gasteiger charge is 2.24. The van der Waals surface area contributed by atoms with Gasteiger partial charge in [0, 0.05) is 11.2 Å². The van der Waals surface area contributed by atoms with Crippen molar-refractivity contribution in [1.82, 2.24) is 5.32 Å². The molecule has 0 aliphatic rings. The molecule has 0 aliphatic heterocycles. The van der Waals surface area contributed by atoms with Crippen molar-refractivity contribution in [3.63, 3.8) is 0 Å². The first-order chi connectivity index (χ1) is 9.25. The summed E-state index contributed by atoms with van der Waals surface area (Å²) in [4.78, 5) is 24.5. The van der Waals surface area contributed by atoms with Crippen LogP contribution in [0.15, 0.2) is 24.3 Å². The molecule has 20 heavy (non-hydrogen) atoms. The van der Waals surface area contributed by atoms with Crippen LogP contribution < -0.4 is 10.2 Å². The van der Waals surface area contributed by atoms with Crippen molar-refractivity contribution in [2.45, 2.75) is 39.7 Å². The maximum atomic E-state index is 12.3. The molecule has 0 heterocycles. The van der Waals surface area contributed by atoms with Crippen LogP contribution in [-0.4, -0.2) is 29.2 Å². The van der Waals surface area contributed by atoms with Crippen molar-refractivity contribution in [3.05, 3.63) is 29.8 Å². The van der Waals surface area contributed by atoms with E-state index in [4.69, 9.17) is 5.11 Å². The van der Waals surface area contributed by atoms with Crippen LogP contribution in [0.3, 0.4) is 0 Å². The number of urea groups is 1. The number of nitrogens with one attached hydrogen (secondary N) is 1. The Bertz CT molecular complexity index is 480. The summed E-state index contributed by atoms with van der Waals surface area (Å²) in [6.45, 7) is 7.34. The standard InChI is InChI=1S/C15H22N2O3/c1-5-15(3,4)16-14(20)17(10-13(18)19)12-8-6-11(2)7-9-12/h6-9H,5,10H2,1-4H3,(H,16,20)(H,18,19). The van der Waals surface area contributed by atoms with E-state index >= 15 is 0 Å². The average molecular weight is 278 g/mol. The van der Waals surface area contributed by atoms with E-state index in [1.807, 2.05) is 39.8 Å². The Hall–Kier alpha value is -2.04. The van der Waals surface area contributed by atoms with Gasteiger partial charge in [0.15, 0.2) is 0 Å². The Kier molecular flexibility index (Phi) is 5.13. The first-order valence-electron chi connectivity index (χ1n) is 6.63. The number of carboxylic acids is 1. The van der Waals surface area contributed by atoms with Gasteiger partial charge in [0.05, 0.1) is 0 Å². The first kappa shape index (κ1) is 16.0. The Morgan fingerprint density at radius 3 is 2.25 bits per heavy atom. The summed E-state index contributed by atoms with van der Waals surface area (Å²) in [7, 11) is 0. The zero-order chi connectivity index (χ0) is 15.3. The molecule has 0 atom stereocenters. The van der Waals surface area contributed by atoms with Gasteiger partial charge in [-0.05, 0) is 39.3 Å². The molecule has 2 amide bonds. The molecule has 0 saturated carbocycles. The molecule has 2 N–H and O–H groups in total. The number of benzene rings is 1. The number of nitrogens with zero attached hydrogens (tertiary/aromatic N) is 1. The van der Waals surface area contributed by atoms with Gasteiger partial charge < -0.3 is 10.4 Å². The maximum Gasteiger partial charge on any atom is 0.323 e. The summed E-state index contributed by atoms with van der Waals surface area (Å²) in [6.07, 6.45) is 0.757. The Balaban J connectivity index is 2.97. The first-order valence-corrected chi connectivity index (χ1v) is 6.63. The van der Waals surface area contributed by atoms with Gasteiger partial charge in [-0.3, -0.25) is 9.69 Å². The van der Waals surface area contributed by atoms with Crippen LogP contribution in [0.5, 0.6) is 0 Å². The quantitative estimate of drug-likeness (QED) is 0.870. The Morgan fingerprint density at radius 2 is 1.80 bits per heavy atom. The van der Waals surface area contributed by atoms with Crippen molar-refractivity contribution in [2.75, 3.05) is 11.4 Å². The zero-order valence-electron chi connectivity index (χ0n) is 12.4. The molecule has 0 saturated heterocycles. The lowest BCUT2D eigenvalue weighted by Gasteiger charge is -2.29. The number of carbonyl (C=O) groups excluding carboxylic acids is 1. The van der Waals surface area contributed by atoms with Crippen molar-refractivity contribution in [1.29, 1.82) is 0 Å². The second-order valence-electron chi connectivity index (χ2n) is 5.48. The lowest BCUT2D eigenvalue weighted by Crippen LogP contribution is -2.51. The van der Waals surface area contributed by atoms with Gasteiger partial charge in [-0.25, -0.2) is 4.79 Å². The summed E-state index contributed by atoms with van der Waals surface area (Å²) < 4.78 is 0. The van der Waals surface area contributed by atoms with Gasteiger partial charge in [0.2, 0.25) is 0 Å². The molecule has 0 radical (unpaired) electrons. The van der Waals surface area contributed by atoms with Crippen LogP contribution in [0.2, 0.25) is 0 Å². The molecule has 0 aliphatic carbocycles. The molecule has 0 aromatic heterocycles. The van der Waals surface area contributed by atoms with Gasteiger partial charge in [0.1, 0.15) is 6.54 Å². The average Bonchev–Trinajstić information content (AvgIpc) is 2.36. The number of aliphatic carboxylic acids is 1. The van der Waals surface area contributed by atoms with E-state index in [9.17, 15) is 9.59 Å². The highest BCUT2D eigenvalue weighted by atomic mass is 16.4. The fourth-order valence-electron chi connectivity index (χ4n) is 1.59. The Morgan fingerprint density at radius 1 is 1.25 bits per heavy atom. The topological polar surface area (TPSA) is 69.6 Å². The molecule has 0 fully saturated rings. The minimum Gasteiger partial charge on any atom is -0.480 e. The maximum absolute atomic E-state index is 12.3. The third-order valence-corrected chi connectivity index (χ3v) is 3.21. The largest absolute Gasteiger partial charge is 0.480 e. The van der Waals surface area contributed by atoms with E-state index in [2.05, 4.69) is 5.32 Å². The number of hydrogen-bond acceptors (Lipinski definition) is 2. The highest BCUT2D eigenvalue weighted by Crippen LogP contribution is 2.17. The van der Waals surface area contributed by atoms with Gasteiger partial charge in [-0.2, -0.15) is 0 Å². The van der Waals surface area contributed by atoms with E-state index in [0.29, 0.717) is 5.69 Å². The number of amides is 2. The number of hydrogen-bond donors (Lipinski definition) is 2. The minimum atomic E-state index is -1.05. The van der Waals surface area contributed by atoms with Crippen LogP contribution in [0.1, 0.15) is 32.8 Å². The summed E-state index contributed by atoms with van der Waals surface area (Å²) in [5, 5.41) is 11.8. The van der Waals surface area contributed by atoms with Gasteiger partial charge >= 0.3 is 12.0 Å². The molecule has 0 bridgehead atoms. The van der Waals surface area contributed by atoms with E-state index in [1.54, 1.807) is 12.1 Å². The molecule has 110 valence electrons. The van der Waals surface area contributed by atoms with E-state index in [1.165, 1.54) is 4.90 Å². The number of carbonyl (C=O) groups is 2. The van der Waals surface area contributed by atoms with Crippen LogP contribution in [0, 0.1) is 6.92 Å². The second kappa shape index (κ2) is 6.41. The van der Waals surface area contributed by atoms with Crippen LogP contribution in [0.4, 0.5) is 10.5 Å². The highest BCUT2D eigenvalue weighted by molar-refractivity contribution is 5.96. The third kappa shape index (κ3) is 4.57. The SMILES string of the molecule is CCC(C)(C)NC(=O)N(CC(=O)O)c1ccc(C)cc1. The summed E-state index contributed by atoms with van der Waals surface area (Å²) in [5.74, 6) is -1.05. The molecular formula is C15H22N2O3. The van der Waals surface area contributed by atoms with E-state index in [-0.39, 0.29) is 12.1 Å². The minimum absolute atomic E-state index is 0.366. The molecular weight excluding hydrogens is 256 g/mol. The van der Waals surface area contributed by atoms with Crippen LogP contribution in [-0.2, 0) is 4.79 Å². The van der Waals surface area contributed by atoms with E-state index in [0.717, 1.165) is 12.0 Å². The molecule has 1 aromatic carbocycles. The van der Waals surface area contributed by atoms with Crippen LogP contribution in [0.25, 0.3) is 0 Å². The van der Waals surface area contributed by atoms with Crippen molar-refractivity contribution in [2.24, 2.45) is 0 Å². The summed E-state index contributed by atoms with van der Waals surface area (Å²) in [6, 6.07) is 6.79. The molecule has 1 rings (SSSR count). The van der Waals surface area contributed by atoms with Gasteiger partial charge in [0.25, 0.3) is 0 Å². The normalized spacial score (nSPS) is 11.0. The van der Waals surface area contributed by atoms with Crippen molar-refractivity contribution < 1.29 is 14.7 Å². The number of aryl methyl sites for hydroxylation is 1. The predicted molar refractivity (Wildman–Crippen MR) is 79.1 cm³/mol. The predicted octanol–water partition coefficient (Wildman–Crippen LogP) is 2.78. The molecule has 5 heteroatoms. The second-order valence-corrected chi connectivity index (χ2v) is 5.48. The number of rotatable bonds is 5. The molecule has 1 aromatic rings. The Labute approximate surface area is 119 Å². The number of carboxylic acid groups (broad SMARTS) is 1. The third-order valence-electron chi connectivity index (χ3n) is 3.21. The van der Waals surface area contributed by atoms with Crippen LogP contribution >= 0.6 is 0 Å². The van der Waals surface area contributed by atoms with Gasteiger partial charge in [-0.15, -0.1) is 0 Å². The fourth-order valence-corrected chi connectivity index (χ4v) is 1.59. The summed E-state index contributed by atoms with van der Waals surface area (Å²) in [5.41, 5.74) is 1.25. The van der Waals surface area contributed by atoms with Crippen molar-refractivity contribution >= 4 is 17.7 Å². The van der Waals surface area contributed by atoms with E-state index < -0.39 is 12.0 Å².